The molecule has 0 aliphatic heterocycles. The molecule has 1 aliphatic rings. The zero-order chi connectivity index (χ0) is 22.6. The third-order valence-electron chi connectivity index (χ3n) is 5.24. The molecule has 0 saturated carbocycles. The Balaban J connectivity index is 1.67. The number of hydrogen-bond acceptors (Lipinski definition) is 4. The lowest BCUT2D eigenvalue weighted by Gasteiger charge is -2.24. The maximum atomic E-state index is 12.4. The first-order valence-electron chi connectivity index (χ1n) is 9.85. The minimum atomic E-state index is -1.51. The molecule has 1 aliphatic carbocycles. The first-order chi connectivity index (χ1) is 14.7. The number of nitrogens with one attached hydrogen (secondary N) is 2. The number of benzene rings is 2. The van der Waals surface area contributed by atoms with Crippen molar-refractivity contribution >= 4 is 18.0 Å². The van der Waals surface area contributed by atoms with Gasteiger partial charge in [0.15, 0.2) is 0 Å². The van der Waals surface area contributed by atoms with Crippen LogP contribution in [0, 0.1) is 12.3 Å². The molecule has 0 fully saturated rings. The largest absolute Gasteiger partial charge is 0.480 e. The van der Waals surface area contributed by atoms with Crippen LogP contribution in [-0.2, 0) is 14.3 Å². The highest BCUT2D eigenvalue weighted by atomic mass is 16.5. The summed E-state index contributed by atoms with van der Waals surface area (Å²) >= 11 is 0. The van der Waals surface area contributed by atoms with Crippen molar-refractivity contribution in [3.8, 4) is 23.5 Å². The Morgan fingerprint density at radius 2 is 1.65 bits per heavy atom. The van der Waals surface area contributed by atoms with Gasteiger partial charge in [-0.25, -0.2) is 9.59 Å². The molecule has 0 aromatic heterocycles. The summed E-state index contributed by atoms with van der Waals surface area (Å²) in [6, 6.07) is 14.8. The van der Waals surface area contributed by atoms with Crippen molar-refractivity contribution < 1.29 is 24.2 Å². The Labute approximate surface area is 180 Å². The first kappa shape index (κ1) is 21.9. The van der Waals surface area contributed by atoms with Crippen molar-refractivity contribution in [3.63, 3.8) is 0 Å². The standard InChI is InChI=1S/C24H24N2O5/c1-4-9-20(21(27)26-24(2,3)22(28)29)25-23(30)31-14-19-17-12-7-5-10-15(17)16-11-6-8-13-18(16)19/h1,5-8,10-13,19-20H,9,14H2,2-3H3,(H,25,30)(H,26,27)(H,28,29). The molecule has 2 aromatic carbocycles. The molecular formula is C24H24N2O5. The predicted molar refractivity (Wildman–Crippen MR) is 115 cm³/mol. The lowest BCUT2D eigenvalue weighted by atomic mass is 9.98. The van der Waals surface area contributed by atoms with E-state index in [0.29, 0.717) is 0 Å². The van der Waals surface area contributed by atoms with E-state index in [4.69, 9.17) is 11.2 Å². The van der Waals surface area contributed by atoms with E-state index in [1.807, 2.05) is 48.5 Å². The Hall–Kier alpha value is -3.79. The number of terminal acetylenes is 1. The van der Waals surface area contributed by atoms with Gasteiger partial charge in [-0.15, -0.1) is 12.3 Å². The van der Waals surface area contributed by atoms with Gasteiger partial charge in [-0.3, -0.25) is 4.79 Å². The molecule has 0 spiro atoms. The van der Waals surface area contributed by atoms with Crippen molar-refractivity contribution in [2.24, 2.45) is 0 Å². The van der Waals surface area contributed by atoms with E-state index in [1.54, 1.807) is 0 Å². The van der Waals surface area contributed by atoms with Crippen molar-refractivity contribution in [3.05, 3.63) is 59.7 Å². The molecule has 0 saturated heterocycles. The van der Waals surface area contributed by atoms with Crippen LogP contribution in [0.2, 0.25) is 0 Å². The predicted octanol–water partition coefficient (Wildman–Crippen LogP) is 2.90. The average molecular weight is 420 g/mol. The summed E-state index contributed by atoms with van der Waals surface area (Å²) in [4.78, 5) is 36.1. The fourth-order valence-corrected chi connectivity index (χ4v) is 3.56. The first-order valence-corrected chi connectivity index (χ1v) is 9.85. The second-order valence-electron chi connectivity index (χ2n) is 7.85. The van der Waals surface area contributed by atoms with E-state index >= 15 is 0 Å². The fraction of sp³-hybridized carbons (Fsp3) is 0.292. The van der Waals surface area contributed by atoms with Crippen LogP contribution in [0.5, 0.6) is 0 Å². The van der Waals surface area contributed by atoms with Crippen LogP contribution in [0.4, 0.5) is 4.79 Å². The van der Waals surface area contributed by atoms with Gasteiger partial charge in [0, 0.05) is 12.3 Å². The van der Waals surface area contributed by atoms with Gasteiger partial charge < -0.3 is 20.5 Å². The van der Waals surface area contributed by atoms with Crippen LogP contribution in [-0.4, -0.2) is 41.3 Å². The van der Waals surface area contributed by atoms with Crippen LogP contribution in [0.25, 0.3) is 11.1 Å². The summed E-state index contributed by atoms with van der Waals surface area (Å²) in [7, 11) is 0. The van der Waals surface area contributed by atoms with E-state index in [-0.39, 0.29) is 18.9 Å². The molecule has 31 heavy (non-hydrogen) atoms. The topological polar surface area (TPSA) is 105 Å². The molecule has 0 heterocycles. The highest BCUT2D eigenvalue weighted by Crippen LogP contribution is 2.44. The Bertz CT molecular complexity index is 1010. The van der Waals surface area contributed by atoms with E-state index in [9.17, 15) is 19.5 Å². The molecule has 1 atom stereocenters. The monoisotopic (exact) mass is 420 g/mol. The molecule has 160 valence electrons. The number of carboxylic acids is 1. The van der Waals surface area contributed by atoms with Crippen LogP contribution in [0.15, 0.2) is 48.5 Å². The smallest absolute Gasteiger partial charge is 0.407 e. The SMILES string of the molecule is C#CCC(NC(=O)OCC1c2ccccc2-c2ccccc21)C(=O)NC(C)(C)C(=O)O. The minimum absolute atomic E-state index is 0.0882. The van der Waals surface area contributed by atoms with Gasteiger partial charge in [-0.05, 0) is 36.1 Å². The third-order valence-corrected chi connectivity index (χ3v) is 5.24. The molecule has 1 unspecified atom stereocenters. The van der Waals surface area contributed by atoms with Crippen LogP contribution < -0.4 is 10.6 Å². The Kier molecular flexibility index (Phi) is 6.30. The highest BCUT2D eigenvalue weighted by molar-refractivity contribution is 5.91. The van der Waals surface area contributed by atoms with E-state index in [2.05, 4.69) is 16.6 Å². The lowest BCUT2D eigenvalue weighted by molar-refractivity contribution is -0.146. The fourth-order valence-electron chi connectivity index (χ4n) is 3.56. The number of fused-ring (bicyclic) bond motifs is 3. The molecule has 0 radical (unpaired) electrons. The number of hydrogen-bond donors (Lipinski definition) is 3. The third kappa shape index (κ3) is 4.69. The molecular weight excluding hydrogens is 396 g/mol. The van der Waals surface area contributed by atoms with Crippen molar-refractivity contribution in [2.45, 2.75) is 37.8 Å². The summed E-state index contributed by atoms with van der Waals surface area (Å²) in [5, 5.41) is 14.0. The van der Waals surface area contributed by atoms with Gasteiger partial charge in [0.05, 0.1) is 0 Å². The zero-order valence-electron chi connectivity index (χ0n) is 17.3. The van der Waals surface area contributed by atoms with Crippen molar-refractivity contribution in [1.82, 2.24) is 10.6 Å². The average Bonchev–Trinajstić information content (AvgIpc) is 3.05. The number of aliphatic carboxylic acids is 1. The number of carbonyl (C=O) groups is 3. The van der Waals surface area contributed by atoms with Gasteiger partial charge in [0.1, 0.15) is 18.2 Å². The highest BCUT2D eigenvalue weighted by Gasteiger charge is 2.33. The molecule has 3 rings (SSSR count). The zero-order valence-corrected chi connectivity index (χ0v) is 17.3. The Morgan fingerprint density at radius 3 is 2.16 bits per heavy atom. The summed E-state index contributed by atoms with van der Waals surface area (Å²) in [5.74, 6) is 0.290. The van der Waals surface area contributed by atoms with Gasteiger partial charge in [0.2, 0.25) is 5.91 Å². The molecule has 2 amide bonds. The maximum Gasteiger partial charge on any atom is 0.407 e. The van der Waals surface area contributed by atoms with Gasteiger partial charge in [-0.2, -0.15) is 0 Å². The summed E-state index contributed by atoms with van der Waals surface area (Å²) in [6.07, 6.45) is 4.40. The van der Waals surface area contributed by atoms with Crippen molar-refractivity contribution in [2.75, 3.05) is 6.61 Å². The van der Waals surface area contributed by atoms with Gasteiger partial charge in [-0.1, -0.05) is 48.5 Å². The van der Waals surface area contributed by atoms with Crippen LogP contribution in [0.3, 0.4) is 0 Å². The maximum absolute atomic E-state index is 12.4. The van der Waals surface area contributed by atoms with Gasteiger partial charge >= 0.3 is 12.1 Å². The summed E-state index contributed by atoms with van der Waals surface area (Å²) < 4.78 is 5.43. The second kappa shape index (κ2) is 8.92. The number of ether oxygens (including phenoxy) is 1. The second-order valence-corrected chi connectivity index (χ2v) is 7.85. The molecule has 2 aromatic rings. The van der Waals surface area contributed by atoms with Crippen LogP contribution >= 0.6 is 0 Å². The normalized spacial score (nSPS) is 13.3. The molecule has 7 heteroatoms. The van der Waals surface area contributed by atoms with E-state index < -0.39 is 29.6 Å². The minimum Gasteiger partial charge on any atom is -0.480 e. The summed E-state index contributed by atoms with van der Waals surface area (Å²) in [6.45, 7) is 2.77. The number of alkyl carbamates (subject to hydrolysis) is 1. The molecule has 0 bridgehead atoms. The van der Waals surface area contributed by atoms with E-state index in [1.165, 1.54) is 13.8 Å². The molecule has 3 N–H and O–H groups in total. The lowest BCUT2D eigenvalue weighted by Crippen LogP contribution is -2.56. The quantitative estimate of drug-likeness (QED) is 0.598. The van der Waals surface area contributed by atoms with Crippen molar-refractivity contribution in [1.29, 1.82) is 0 Å². The van der Waals surface area contributed by atoms with Crippen LogP contribution in [0.1, 0.15) is 37.3 Å². The van der Waals surface area contributed by atoms with E-state index in [0.717, 1.165) is 22.3 Å². The summed E-state index contributed by atoms with van der Waals surface area (Å²) in [5.41, 5.74) is 2.84. The van der Waals surface area contributed by atoms with Gasteiger partial charge in [0.25, 0.3) is 0 Å². The number of rotatable bonds is 7. The Morgan fingerprint density at radius 1 is 1.10 bits per heavy atom. The number of amides is 2. The number of carbonyl (C=O) groups excluding carboxylic acids is 2. The number of carboxylic acid groups (broad SMARTS) is 1. The molecule has 7 nitrogen and oxygen atoms in total.